The summed E-state index contributed by atoms with van der Waals surface area (Å²) in [4.78, 5) is 25.3. The Hall–Kier alpha value is -1.26. The minimum Gasteiger partial charge on any atom is -0.481 e. The van der Waals surface area contributed by atoms with Crippen molar-refractivity contribution >= 4 is 12.0 Å². The van der Waals surface area contributed by atoms with Gasteiger partial charge in [-0.3, -0.25) is 4.79 Å². The average molecular weight is 296 g/mol. The molecule has 120 valence electrons. The van der Waals surface area contributed by atoms with Gasteiger partial charge in [0.1, 0.15) is 0 Å². The van der Waals surface area contributed by atoms with E-state index in [1.807, 2.05) is 0 Å². The zero-order chi connectivity index (χ0) is 15.5. The molecule has 0 bridgehead atoms. The quantitative estimate of drug-likeness (QED) is 0.841. The minimum atomic E-state index is -0.805. The Morgan fingerprint density at radius 2 is 2.00 bits per heavy atom. The van der Waals surface area contributed by atoms with Gasteiger partial charge in [-0.1, -0.05) is 26.2 Å². The van der Waals surface area contributed by atoms with E-state index in [-0.39, 0.29) is 6.03 Å². The summed E-state index contributed by atoms with van der Waals surface area (Å²) in [5, 5.41) is 12.3. The standard InChI is InChI=1S/C16H28N2O3/c1-12-6-3-4-7-13(12)10-17-15(21)18-9-5-8-16(2,11-18)14(19)20/h12-13H,3-11H2,1-2H3,(H,17,21)(H,19,20). The molecule has 0 spiro atoms. The smallest absolute Gasteiger partial charge is 0.317 e. The van der Waals surface area contributed by atoms with Gasteiger partial charge in [-0.25, -0.2) is 4.79 Å². The van der Waals surface area contributed by atoms with Crippen LogP contribution in [-0.2, 0) is 4.79 Å². The van der Waals surface area contributed by atoms with Crippen LogP contribution in [0.15, 0.2) is 0 Å². The van der Waals surface area contributed by atoms with Crippen LogP contribution < -0.4 is 5.32 Å². The topological polar surface area (TPSA) is 69.6 Å². The molecule has 1 heterocycles. The summed E-state index contributed by atoms with van der Waals surface area (Å²) in [6.07, 6.45) is 6.40. The number of likely N-dealkylation sites (tertiary alicyclic amines) is 1. The second kappa shape index (κ2) is 6.67. The summed E-state index contributed by atoms with van der Waals surface area (Å²) in [5.41, 5.74) is -0.798. The van der Waals surface area contributed by atoms with Crippen molar-refractivity contribution in [2.75, 3.05) is 19.6 Å². The largest absolute Gasteiger partial charge is 0.481 e. The first-order valence-electron chi connectivity index (χ1n) is 8.18. The van der Waals surface area contributed by atoms with Gasteiger partial charge in [0.25, 0.3) is 0 Å². The Balaban J connectivity index is 1.84. The maximum atomic E-state index is 12.3. The lowest BCUT2D eigenvalue weighted by molar-refractivity contribution is -0.150. The number of nitrogens with zero attached hydrogens (tertiary/aromatic N) is 1. The molecule has 2 rings (SSSR count). The van der Waals surface area contributed by atoms with Crippen molar-refractivity contribution in [3.8, 4) is 0 Å². The second-order valence-electron chi connectivity index (χ2n) is 7.10. The lowest BCUT2D eigenvalue weighted by Crippen LogP contribution is -2.52. The Labute approximate surface area is 127 Å². The fraction of sp³-hybridized carbons (Fsp3) is 0.875. The Morgan fingerprint density at radius 3 is 2.67 bits per heavy atom. The van der Waals surface area contributed by atoms with E-state index in [1.54, 1.807) is 11.8 Å². The van der Waals surface area contributed by atoms with Crippen molar-refractivity contribution in [1.82, 2.24) is 10.2 Å². The zero-order valence-corrected chi connectivity index (χ0v) is 13.2. The summed E-state index contributed by atoms with van der Waals surface area (Å²) in [5.74, 6) is 0.434. The van der Waals surface area contributed by atoms with E-state index in [1.165, 1.54) is 25.7 Å². The van der Waals surface area contributed by atoms with E-state index in [2.05, 4.69) is 12.2 Å². The number of carbonyl (C=O) groups is 2. The summed E-state index contributed by atoms with van der Waals surface area (Å²) in [6.45, 7) is 5.69. The third-order valence-electron chi connectivity index (χ3n) is 5.30. The van der Waals surface area contributed by atoms with Gasteiger partial charge in [0.15, 0.2) is 0 Å². The van der Waals surface area contributed by atoms with Gasteiger partial charge in [-0.15, -0.1) is 0 Å². The fourth-order valence-electron chi connectivity index (χ4n) is 3.61. The number of piperidine rings is 1. The first-order chi connectivity index (χ1) is 9.92. The Bertz CT molecular complexity index is 399. The Morgan fingerprint density at radius 1 is 1.29 bits per heavy atom. The molecule has 0 radical (unpaired) electrons. The zero-order valence-electron chi connectivity index (χ0n) is 13.2. The number of urea groups is 1. The summed E-state index contributed by atoms with van der Waals surface area (Å²) in [7, 11) is 0. The molecule has 2 N–H and O–H groups in total. The number of carbonyl (C=O) groups excluding carboxylic acids is 1. The molecular weight excluding hydrogens is 268 g/mol. The van der Waals surface area contributed by atoms with Gasteiger partial charge in [-0.05, 0) is 38.0 Å². The number of rotatable bonds is 3. The number of carboxylic acids is 1. The molecule has 21 heavy (non-hydrogen) atoms. The molecule has 0 aromatic rings. The third-order valence-corrected chi connectivity index (χ3v) is 5.30. The molecule has 3 unspecified atom stereocenters. The molecule has 1 aliphatic heterocycles. The van der Waals surface area contributed by atoms with Crippen LogP contribution in [-0.4, -0.2) is 41.6 Å². The highest BCUT2D eigenvalue weighted by atomic mass is 16.4. The maximum absolute atomic E-state index is 12.3. The van der Waals surface area contributed by atoms with Gasteiger partial charge >= 0.3 is 12.0 Å². The monoisotopic (exact) mass is 296 g/mol. The van der Waals surface area contributed by atoms with Crippen molar-refractivity contribution in [2.24, 2.45) is 17.3 Å². The predicted molar refractivity (Wildman–Crippen MR) is 81.1 cm³/mol. The molecule has 2 amide bonds. The van der Waals surface area contributed by atoms with Crippen molar-refractivity contribution < 1.29 is 14.7 Å². The van der Waals surface area contributed by atoms with Crippen LogP contribution >= 0.6 is 0 Å². The molecule has 2 aliphatic rings. The van der Waals surface area contributed by atoms with Crippen molar-refractivity contribution in [1.29, 1.82) is 0 Å². The van der Waals surface area contributed by atoms with Gasteiger partial charge in [0, 0.05) is 19.6 Å². The van der Waals surface area contributed by atoms with E-state index in [0.29, 0.717) is 31.3 Å². The molecule has 2 fully saturated rings. The first-order valence-corrected chi connectivity index (χ1v) is 8.18. The number of carboxylic acid groups (broad SMARTS) is 1. The number of nitrogens with one attached hydrogen (secondary N) is 1. The van der Waals surface area contributed by atoms with Gasteiger partial charge in [0.2, 0.25) is 0 Å². The lowest BCUT2D eigenvalue weighted by atomic mass is 9.80. The van der Waals surface area contributed by atoms with Crippen LogP contribution in [0.25, 0.3) is 0 Å². The number of hydrogen-bond donors (Lipinski definition) is 2. The highest BCUT2D eigenvalue weighted by Crippen LogP contribution is 2.30. The second-order valence-corrected chi connectivity index (χ2v) is 7.10. The van der Waals surface area contributed by atoms with E-state index in [0.717, 1.165) is 13.0 Å². The van der Waals surface area contributed by atoms with Crippen LogP contribution in [0.3, 0.4) is 0 Å². The molecule has 5 heteroatoms. The number of hydrogen-bond acceptors (Lipinski definition) is 2. The molecule has 1 aliphatic carbocycles. The van der Waals surface area contributed by atoms with E-state index >= 15 is 0 Å². The van der Waals surface area contributed by atoms with Crippen LogP contribution in [0.5, 0.6) is 0 Å². The van der Waals surface area contributed by atoms with E-state index < -0.39 is 11.4 Å². The highest BCUT2D eigenvalue weighted by molar-refractivity contribution is 5.78. The van der Waals surface area contributed by atoms with Crippen molar-refractivity contribution in [3.05, 3.63) is 0 Å². The number of amides is 2. The fourth-order valence-corrected chi connectivity index (χ4v) is 3.61. The van der Waals surface area contributed by atoms with Crippen molar-refractivity contribution in [2.45, 2.75) is 52.4 Å². The molecular formula is C16H28N2O3. The predicted octanol–water partition coefficient (Wildman–Crippen LogP) is 2.71. The molecule has 1 saturated carbocycles. The molecule has 0 aromatic heterocycles. The summed E-state index contributed by atoms with van der Waals surface area (Å²) in [6, 6.07) is -0.0973. The van der Waals surface area contributed by atoms with Gasteiger partial charge in [-0.2, -0.15) is 0 Å². The van der Waals surface area contributed by atoms with E-state index in [4.69, 9.17) is 0 Å². The molecule has 3 atom stereocenters. The minimum absolute atomic E-state index is 0.0973. The maximum Gasteiger partial charge on any atom is 0.317 e. The van der Waals surface area contributed by atoms with Crippen LogP contribution in [0.1, 0.15) is 52.4 Å². The summed E-state index contributed by atoms with van der Waals surface area (Å²) >= 11 is 0. The van der Waals surface area contributed by atoms with Crippen LogP contribution in [0.2, 0.25) is 0 Å². The average Bonchev–Trinajstić information content (AvgIpc) is 2.46. The molecule has 5 nitrogen and oxygen atoms in total. The normalized spacial score (nSPS) is 33.5. The molecule has 0 aromatic carbocycles. The van der Waals surface area contributed by atoms with E-state index in [9.17, 15) is 14.7 Å². The van der Waals surface area contributed by atoms with Gasteiger partial charge < -0.3 is 15.3 Å². The lowest BCUT2D eigenvalue weighted by Gasteiger charge is -2.38. The van der Waals surface area contributed by atoms with Crippen molar-refractivity contribution in [3.63, 3.8) is 0 Å². The Kier molecular flexibility index (Phi) is 5.12. The SMILES string of the molecule is CC1CCCCC1CNC(=O)N1CCCC(C)(C(=O)O)C1. The van der Waals surface area contributed by atoms with Crippen LogP contribution in [0, 0.1) is 17.3 Å². The summed E-state index contributed by atoms with van der Waals surface area (Å²) < 4.78 is 0. The molecule has 1 saturated heterocycles. The number of aliphatic carboxylic acids is 1. The first kappa shape index (κ1) is 16.1. The third kappa shape index (κ3) is 3.89. The van der Waals surface area contributed by atoms with Crippen LogP contribution in [0.4, 0.5) is 4.79 Å². The van der Waals surface area contributed by atoms with Gasteiger partial charge in [0.05, 0.1) is 5.41 Å². The highest BCUT2D eigenvalue weighted by Gasteiger charge is 2.39.